The van der Waals surface area contributed by atoms with E-state index in [0.29, 0.717) is 57.8 Å². The van der Waals surface area contributed by atoms with E-state index >= 15 is 4.39 Å². The Labute approximate surface area is 238 Å². The van der Waals surface area contributed by atoms with Crippen LogP contribution < -0.4 is 5.32 Å². The number of aromatic nitrogens is 4. The van der Waals surface area contributed by atoms with E-state index in [4.69, 9.17) is 4.98 Å². The first kappa shape index (κ1) is 28.0. The number of amides is 1. The molecule has 0 saturated heterocycles. The molecule has 1 aliphatic carbocycles. The minimum atomic E-state index is -0.540. The van der Waals surface area contributed by atoms with Crippen LogP contribution >= 0.6 is 0 Å². The minimum absolute atomic E-state index is 0.0959. The molecule has 6 nitrogen and oxygen atoms in total. The molecule has 1 unspecified atom stereocenters. The summed E-state index contributed by atoms with van der Waals surface area (Å²) in [5.74, 6) is -0.427. The van der Waals surface area contributed by atoms with Gasteiger partial charge < -0.3 is 10.3 Å². The van der Waals surface area contributed by atoms with E-state index in [9.17, 15) is 9.18 Å². The van der Waals surface area contributed by atoms with Gasteiger partial charge in [0.1, 0.15) is 17.3 Å². The Morgan fingerprint density at radius 3 is 2.76 bits per heavy atom. The number of hydrogen-bond acceptors (Lipinski definition) is 3. The van der Waals surface area contributed by atoms with Gasteiger partial charge in [0.25, 0.3) is 0 Å². The van der Waals surface area contributed by atoms with Crippen molar-refractivity contribution in [1.29, 1.82) is 0 Å². The van der Waals surface area contributed by atoms with Crippen molar-refractivity contribution in [3.05, 3.63) is 107 Å². The number of allylic oxidation sites excluding steroid dienone is 6. The van der Waals surface area contributed by atoms with Gasteiger partial charge in [-0.15, -0.1) is 0 Å². The Balaban J connectivity index is 1.58. The van der Waals surface area contributed by atoms with E-state index in [1.165, 1.54) is 12.1 Å². The van der Waals surface area contributed by atoms with Crippen LogP contribution in [0, 0.1) is 11.6 Å². The van der Waals surface area contributed by atoms with Crippen LogP contribution in [0.3, 0.4) is 0 Å². The number of fused-ring (bicyclic) bond motifs is 2. The number of carbonyl (C=O) groups is 1. The summed E-state index contributed by atoms with van der Waals surface area (Å²) in [6.07, 6.45) is 12.9. The van der Waals surface area contributed by atoms with Crippen LogP contribution in [0.4, 0.5) is 8.78 Å². The average Bonchev–Trinajstić information content (AvgIpc) is 3.58. The lowest BCUT2D eigenvalue weighted by atomic mass is 9.74. The molecule has 8 heteroatoms. The predicted octanol–water partition coefficient (Wildman–Crippen LogP) is 7.73. The van der Waals surface area contributed by atoms with Gasteiger partial charge in [0.2, 0.25) is 5.91 Å². The molecule has 210 valence electrons. The van der Waals surface area contributed by atoms with Crippen LogP contribution in [0.15, 0.2) is 72.5 Å². The van der Waals surface area contributed by atoms with Crippen molar-refractivity contribution in [2.45, 2.75) is 52.4 Å². The highest BCUT2D eigenvalue weighted by Gasteiger charge is 2.35. The summed E-state index contributed by atoms with van der Waals surface area (Å²) >= 11 is 0. The molecular formula is C33H33F2N5O. The molecule has 41 heavy (non-hydrogen) atoms. The molecule has 0 saturated carbocycles. The van der Waals surface area contributed by atoms with E-state index in [2.05, 4.69) is 20.5 Å². The number of aromatic amines is 2. The maximum atomic E-state index is 16.3. The molecule has 0 aliphatic heterocycles. The second kappa shape index (κ2) is 11.5. The third-order valence-corrected chi connectivity index (χ3v) is 7.48. The van der Waals surface area contributed by atoms with Crippen molar-refractivity contribution in [3.63, 3.8) is 0 Å². The molecule has 1 aliphatic rings. The van der Waals surface area contributed by atoms with Crippen molar-refractivity contribution in [2.24, 2.45) is 0 Å². The van der Waals surface area contributed by atoms with E-state index in [-0.39, 0.29) is 11.7 Å². The number of imidazole rings is 1. The molecule has 2 aromatic carbocycles. The van der Waals surface area contributed by atoms with E-state index in [0.717, 1.165) is 17.7 Å². The van der Waals surface area contributed by atoms with Gasteiger partial charge in [-0.05, 0) is 87.2 Å². The Kier molecular flexibility index (Phi) is 7.83. The second-order valence-corrected chi connectivity index (χ2v) is 10.4. The largest absolute Gasteiger partial charge is 0.339 e. The predicted molar refractivity (Wildman–Crippen MR) is 160 cm³/mol. The van der Waals surface area contributed by atoms with Gasteiger partial charge in [-0.1, -0.05) is 37.3 Å². The summed E-state index contributed by atoms with van der Waals surface area (Å²) in [4.78, 5) is 20.4. The Morgan fingerprint density at radius 2 is 2.02 bits per heavy atom. The zero-order valence-corrected chi connectivity index (χ0v) is 23.6. The normalized spacial score (nSPS) is 17.4. The fraction of sp³-hybridized carbons (Fsp3) is 0.242. The lowest BCUT2D eigenvalue weighted by Crippen LogP contribution is -2.26. The van der Waals surface area contributed by atoms with Crippen molar-refractivity contribution >= 4 is 28.5 Å². The first-order valence-corrected chi connectivity index (χ1v) is 13.8. The van der Waals surface area contributed by atoms with Crippen molar-refractivity contribution in [1.82, 2.24) is 25.5 Å². The number of rotatable bonds is 8. The van der Waals surface area contributed by atoms with Gasteiger partial charge in [0.15, 0.2) is 5.82 Å². The third kappa shape index (κ3) is 5.29. The minimum Gasteiger partial charge on any atom is -0.339 e. The molecule has 2 aromatic heterocycles. The first-order chi connectivity index (χ1) is 19.8. The summed E-state index contributed by atoms with van der Waals surface area (Å²) in [5.41, 5.74) is 4.26. The van der Waals surface area contributed by atoms with Crippen LogP contribution in [-0.4, -0.2) is 26.1 Å². The van der Waals surface area contributed by atoms with Gasteiger partial charge in [-0.2, -0.15) is 5.10 Å². The summed E-state index contributed by atoms with van der Waals surface area (Å²) in [5, 5.41) is 10.6. The van der Waals surface area contributed by atoms with Crippen LogP contribution in [0.25, 0.3) is 34.1 Å². The second-order valence-electron chi connectivity index (χ2n) is 10.4. The van der Waals surface area contributed by atoms with Crippen LogP contribution in [0.2, 0.25) is 0 Å². The molecule has 3 N–H and O–H groups in total. The van der Waals surface area contributed by atoms with E-state index in [1.807, 2.05) is 52.0 Å². The number of nitrogens with one attached hydrogen (secondary N) is 3. The standard InChI is InChI=1S/C33H33F2N5O/c1-5-10-23(36-27(41)11-6-2)18-20(7-3)24-15-16-25-28(29(24)35)30(40-39-25)32-37-26-14-9-17-33(4,31(26)38-32)21-12-8-13-22(34)19-21/h5,7-10,12-16,18-19H,6,11,17H2,1-4H3,(H,36,41)(H,37,38)(H,39,40)/b10-5+,20-7+,23-18+. The molecule has 4 aromatic rings. The third-order valence-electron chi connectivity index (χ3n) is 7.48. The van der Waals surface area contributed by atoms with Crippen LogP contribution in [0.1, 0.15) is 69.5 Å². The number of hydrogen-bond donors (Lipinski definition) is 3. The number of halogens is 2. The molecule has 0 spiro atoms. The highest BCUT2D eigenvalue weighted by atomic mass is 19.1. The van der Waals surface area contributed by atoms with Gasteiger partial charge in [0, 0.05) is 23.1 Å². The van der Waals surface area contributed by atoms with Gasteiger partial charge >= 0.3 is 0 Å². The lowest BCUT2D eigenvalue weighted by molar-refractivity contribution is -0.120. The number of H-pyrrole nitrogens is 2. The summed E-state index contributed by atoms with van der Waals surface area (Å²) < 4.78 is 30.5. The summed E-state index contributed by atoms with van der Waals surface area (Å²) in [6, 6.07) is 10.1. The molecule has 1 amide bonds. The molecule has 5 rings (SSSR count). The maximum Gasteiger partial charge on any atom is 0.224 e. The average molecular weight is 554 g/mol. The first-order valence-electron chi connectivity index (χ1n) is 13.8. The molecule has 0 fully saturated rings. The fourth-order valence-electron chi connectivity index (χ4n) is 5.35. The van der Waals surface area contributed by atoms with Crippen LogP contribution in [-0.2, 0) is 10.2 Å². The molecule has 0 radical (unpaired) electrons. The Bertz CT molecular complexity index is 1740. The quantitative estimate of drug-likeness (QED) is 0.195. The van der Waals surface area contributed by atoms with Crippen molar-refractivity contribution < 1.29 is 13.6 Å². The lowest BCUT2D eigenvalue weighted by Gasteiger charge is -2.31. The molecule has 0 bridgehead atoms. The Morgan fingerprint density at radius 1 is 1.20 bits per heavy atom. The van der Waals surface area contributed by atoms with Gasteiger partial charge in [0.05, 0.1) is 22.3 Å². The summed E-state index contributed by atoms with van der Waals surface area (Å²) in [7, 11) is 0. The molecule has 2 heterocycles. The Hall–Kier alpha value is -4.59. The van der Waals surface area contributed by atoms with E-state index < -0.39 is 11.2 Å². The topological polar surface area (TPSA) is 86.5 Å². The molecule has 1 atom stereocenters. The number of nitrogens with zero attached hydrogens (tertiary/aromatic N) is 2. The maximum absolute atomic E-state index is 16.3. The summed E-state index contributed by atoms with van der Waals surface area (Å²) in [6.45, 7) is 7.67. The van der Waals surface area contributed by atoms with Gasteiger partial charge in [-0.25, -0.2) is 13.8 Å². The number of benzene rings is 2. The smallest absolute Gasteiger partial charge is 0.224 e. The SMILES string of the molecule is C/C=C/C(=C\C(=C/C)c1ccc2[nH]nc(-c3nc4c([nH]3)C(C)(c3cccc(F)c3)CC=C4)c2c1F)NC(=O)CCC. The number of carbonyl (C=O) groups excluding carboxylic acids is 1. The highest BCUT2D eigenvalue weighted by Crippen LogP contribution is 2.42. The van der Waals surface area contributed by atoms with Crippen LogP contribution in [0.5, 0.6) is 0 Å². The zero-order chi connectivity index (χ0) is 29.1. The molecular weight excluding hydrogens is 520 g/mol. The van der Waals surface area contributed by atoms with Gasteiger partial charge in [-0.3, -0.25) is 9.89 Å². The fourth-order valence-corrected chi connectivity index (χ4v) is 5.35. The van der Waals surface area contributed by atoms with Crippen molar-refractivity contribution in [2.75, 3.05) is 0 Å². The van der Waals surface area contributed by atoms with Crippen molar-refractivity contribution in [3.8, 4) is 11.5 Å². The van der Waals surface area contributed by atoms with E-state index in [1.54, 1.807) is 36.4 Å². The zero-order valence-electron chi connectivity index (χ0n) is 23.6. The monoisotopic (exact) mass is 553 g/mol. The highest BCUT2D eigenvalue weighted by molar-refractivity contribution is 5.95.